The summed E-state index contributed by atoms with van der Waals surface area (Å²) in [6.07, 6.45) is 1.41. The molecule has 2 aromatic heterocycles. The molecule has 0 saturated carbocycles. The van der Waals surface area contributed by atoms with Crippen LogP contribution in [-0.4, -0.2) is 20.4 Å². The highest BCUT2D eigenvalue weighted by Gasteiger charge is 2.09. The van der Waals surface area contributed by atoms with Gasteiger partial charge in [0.15, 0.2) is 5.13 Å². The van der Waals surface area contributed by atoms with Crippen LogP contribution in [0.5, 0.6) is 0 Å². The van der Waals surface area contributed by atoms with Crippen molar-refractivity contribution >= 4 is 22.4 Å². The maximum atomic E-state index is 11.9. The third-order valence-electron chi connectivity index (χ3n) is 2.67. The summed E-state index contributed by atoms with van der Waals surface area (Å²) in [4.78, 5) is 32.0. The number of carbonyl (C=O) groups excluding carboxylic acids is 1. The van der Waals surface area contributed by atoms with Gasteiger partial charge in [-0.3, -0.25) is 14.2 Å². The number of hydrogen-bond donors (Lipinski definition) is 1. The first-order valence-electron chi connectivity index (χ1n) is 6.24. The summed E-state index contributed by atoms with van der Waals surface area (Å²) in [5.74, 6) is -0.106. The topological polar surface area (TPSA) is 76.9 Å². The summed E-state index contributed by atoms with van der Waals surface area (Å²) in [5, 5.41) is 5.04. The van der Waals surface area contributed by atoms with Crippen molar-refractivity contribution in [1.82, 2.24) is 14.5 Å². The van der Waals surface area contributed by atoms with Gasteiger partial charge in [0, 0.05) is 11.4 Å². The number of amides is 1. The van der Waals surface area contributed by atoms with Crippen LogP contribution in [-0.2, 0) is 11.3 Å². The number of anilines is 1. The van der Waals surface area contributed by atoms with E-state index in [-0.39, 0.29) is 23.9 Å². The Balaban J connectivity index is 2.06. The number of aromatic nitrogens is 3. The van der Waals surface area contributed by atoms with Crippen LogP contribution in [0.1, 0.15) is 31.2 Å². The highest BCUT2D eigenvalue weighted by molar-refractivity contribution is 7.13. The van der Waals surface area contributed by atoms with E-state index >= 15 is 0 Å². The predicted molar refractivity (Wildman–Crippen MR) is 78.1 cm³/mol. The lowest BCUT2D eigenvalue weighted by Crippen LogP contribution is -2.28. The first-order chi connectivity index (χ1) is 9.45. The molecule has 2 aromatic rings. The zero-order chi connectivity index (χ0) is 14.7. The monoisotopic (exact) mass is 292 g/mol. The van der Waals surface area contributed by atoms with Crippen molar-refractivity contribution < 1.29 is 4.79 Å². The van der Waals surface area contributed by atoms with Gasteiger partial charge in [-0.05, 0) is 12.8 Å². The molecule has 0 aliphatic heterocycles. The Labute approximate surface area is 120 Å². The number of nitrogens with zero attached hydrogens (tertiary/aromatic N) is 3. The third-order valence-corrected chi connectivity index (χ3v) is 3.55. The Hall–Kier alpha value is -2.02. The molecule has 6 nitrogen and oxygen atoms in total. The Kier molecular flexibility index (Phi) is 4.29. The number of hydrogen-bond acceptors (Lipinski definition) is 5. The lowest BCUT2D eigenvalue weighted by molar-refractivity contribution is -0.116. The van der Waals surface area contributed by atoms with Crippen LogP contribution in [0.15, 0.2) is 22.6 Å². The highest BCUT2D eigenvalue weighted by atomic mass is 32.1. The quantitative estimate of drug-likeness (QED) is 0.931. The van der Waals surface area contributed by atoms with Crippen LogP contribution >= 0.6 is 11.3 Å². The Morgan fingerprint density at radius 2 is 2.25 bits per heavy atom. The van der Waals surface area contributed by atoms with Crippen molar-refractivity contribution in [2.45, 2.75) is 33.2 Å². The lowest BCUT2D eigenvalue weighted by Gasteiger charge is -2.07. The van der Waals surface area contributed by atoms with Crippen molar-refractivity contribution in [3.8, 4) is 0 Å². The molecule has 0 fully saturated rings. The second kappa shape index (κ2) is 5.96. The Morgan fingerprint density at radius 3 is 2.80 bits per heavy atom. The van der Waals surface area contributed by atoms with Crippen LogP contribution in [0.4, 0.5) is 5.13 Å². The number of thiazole rings is 1. The van der Waals surface area contributed by atoms with E-state index in [0.29, 0.717) is 5.13 Å². The fourth-order valence-electron chi connectivity index (χ4n) is 1.60. The molecule has 0 aliphatic carbocycles. The predicted octanol–water partition coefficient (Wildman–Crippen LogP) is 1.77. The summed E-state index contributed by atoms with van der Waals surface area (Å²) >= 11 is 1.35. The average Bonchev–Trinajstić information content (AvgIpc) is 2.77. The third kappa shape index (κ3) is 3.51. The van der Waals surface area contributed by atoms with Gasteiger partial charge < -0.3 is 5.32 Å². The molecule has 20 heavy (non-hydrogen) atoms. The molecule has 2 heterocycles. The molecule has 0 unspecified atom stereocenters. The minimum Gasteiger partial charge on any atom is -0.300 e. The van der Waals surface area contributed by atoms with E-state index in [2.05, 4.69) is 15.3 Å². The van der Waals surface area contributed by atoms with E-state index in [1.165, 1.54) is 28.3 Å². The summed E-state index contributed by atoms with van der Waals surface area (Å²) in [7, 11) is 0. The van der Waals surface area contributed by atoms with Gasteiger partial charge in [0.05, 0.1) is 17.7 Å². The van der Waals surface area contributed by atoms with Gasteiger partial charge in [0.2, 0.25) is 5.91 Å². The summed E-state index contributed by atoms with van der Waals surface area (Å²) in [6, 6.07) is 1.46. The minimum absolute atomic E-state index is 0.0666. The number of aryl methyl sites for hydroxylation is 1. The molecule has 0 saturated heterocycles. The fraction of sp³-hybridized carbons (Fsp3) is 0.385. The van der Waals surface area contributed by atoms with Crippen LogP contribution in [0.25, 0.3) is 0 Å². The molecule has 1 amide bonds. The van der Waals surface area contributed by atoms with Gasteiger partial charge in [-0.1, -0.05) is 13.8 Å². The van der Waals surface area contributed by atoms with Crippen molar-refractivity contribution in [2.24, 2.45) is 0 Å². The normalized spacial score (nSPS) is 10.8. The van der Waals surface area contributed by atoms with E-state index in [4.69, 9.17) is 0 Å². The molecular formula is C13H16N4O2S. The summed E-state index contributed by atoms with van der Waals surface area (Å²) in [5.41, 5.74) is 1.35. The van der Waals surface area contributed by atoms with Crippen LogP contribution in [0, 0.1) is 6.92 Å². The maximum absolute atomic E-state index is 11.9. The van der Waals surface area contributed by atoms with E-state index in [0.717, 1.165) is 11.4 Å². The molecular weight excluding hydrogens is 276 g/mol. The first kappa shape index (κ1) is 14.4. The molecule has 2 rings (SSSR count). The number of rotatable bonds is 4. The molecule has 0 radical (unpaired) electrons. The standard InChI is InChI=1S/C13H16N4O2S/c1-8(2)10-4-12(19)17(7-14-10)5-11(18)16-13-15-9(3)6-20-13/h4,6-8H,5H2,1-3H3,(H,15,16,18). The molecule has 0 aromatic carbocycles. The Bertz CT molecular complexity index is 675. The SMILES string of the molecule is Cc1csc(NC(=O)Cn2cnc(C(C)C)cc2=O)n1. The first-order valence-corrected chi connectivity index (χ1v) is 7.12. The minimum atomic E-state index is -0.291. The average molecular weight is 292 g/mol. The Morgan fingerprint density at radius 1 is 1.50 bits per heavy atom. The molecule has 0 spiro atoms. The van der Waals surface area contributed by atoms with Crippen LogP contribution in [0.2, 0.25) is 0 Å². The van der Waals surface area contributed by atoms with Crippen LogP contribution in [0.3, 0.4) is 0 Å². The largest absolute Gasteiger partial charge is 0.300 e. The molecule has 106 valence electrons. The molecule has 0 aliphatic rings. The van der Waals surface area contributed by atoms with Crippen molar-refractivity contribution in [2.75, 3.05) is 5.32 Å². The number of carbonyl (C=O) groups is 1. The second-order valence-corrected chi connectivity index (χ2v) is 5.63. The van der Waals surface area contributed by atoms with Gasteiger partial charge in [-0.15, -0.1) is 11.3 Å². The number of nitrogens with one attached hydrogen (secondary N) is 1. The van der Waals surface area contributed by atoms with Gasteiger partial charge in [-0.25, -0.2) is 9.97 Å². The van der Waals surface area contributed by atoms with Gasteiger partial charge in [0.25, 0.3) is 5.56 Å². The second-order valence-electron chi connectivity index (χ2n) is 4.78. The van der Waals surface area contributed by atoms with Gasteiger partial charge in [-0.2, -0.15) is 0 Å². The van der Waals surface area contributed by atoms with Gasteiger partial charge >= 0.3 is 0 Å². The van der Waals surface area contributed by atoms with Crippen molar-refractivity contribution in [3.05, 3.63) is 39.5 Å². The van der Waals surface area contributed by atoms with E-state index in [1.807, 2.05) is 26.2 Å². The lowest BCUT2D eigenvalue weighted by atomic mass is 10.1. The molecule has 1 N–H and O–H groups in total. The van der Waals surface area contributed by atoms with Crippen LogP contribution < -0.4 is 10.9 Å². The smallest absolute Gasteiger partial charge is 0.254 e. The van der Waals surface area contributed by atoms with E-state index in [9.17, 15) is 9.59 Å². The van der Waals surface area contributed by atoms with Crippen molar-refractivity contribution in [1.29, 1.82) is 0 Å². The zero-order valence-corrected chi connectivity index (χ0v) is 12.4. The zero-order valence-electron chi connectivity index (χ0n) is 11.6. The molecule has 0 atom stereocenters. The maximum Gasteiger partial charge on any atom is 0.254 e. The van der Waals surface area contributed by atoms with Gasteiger partial charge in [0.1, 0.15) is 6.54 Å². The van der Waals surface area contributed by atoms with Crippen molar-refractivity contribution in [3.63, 3.8) is 0 Å². The molecule has 7 heteroatoms. The highest BCUT2D eigenvalue weighted by Crippen LogP contribution is 2.14. The summed E-state index contributed by atoms with van der Waals surface area (Å²) < 4.78 is 1.28. The fourth-order valence-corrected chi connectivity index (χ4v) is 2.30. The summed E-state index contributed by atoms with van der Waals surface area (Å²) in [6.45, 7) is 5.71. The molecule has 0 bridgehead atoms. The van der Waals surface area contributed by atoms with E-state index in [1.54, 1.807) is 0 Å². The van der Waals surface area contributed by atoms with E-state index < -0.39 is 0 Å².